The highest BCUT2D eigenvalue weighted by atomic mass is 16.6. The van der Waals surface area contributed by atoms with Crippen molar-refractivity contribution in [1.29, 1.82) is 0 Å². The maximum atomic E-state index is 10.7. The summed E-state index contributed by atoms with van der Waals surface area (Å²) in [6.07, 6.45) is 5.28. The van der Waals surface area contributed by atoms with Gasteiger partial charge in [0.05, 0.1) is 4.92 Å². The first-order valence-electron chi connectivity index (χ1n) is 6.90. The van der Waals surface area contributed by atoms with Gasteiger partial charge in [0.25, 0.3) is 5.69 Å². The van der Waals surface area contributed by atoms with Crippen molar-refractivity contribution >= 4 is 11.4 Å². The second-order valence-corrected chi connectivity index (χ2v) is 5.75. The summed E-state index contributed by atoms with van der Waals surface area (Å²) in [4.78, 5) is 12.8. The van der Waals surface area contributed by atoms with E-state index in [-0.39, 0.29) is 11.4 Å². The van der Waals surface area contributed by atoms with Crippen LogP contribution in [0.1, 0.15) is 31.2 Å². The molecule has 5 nitrogen and oxygen atoms in total. The van der Waals surface area contributed by atoms with Crippen LogP contribution in [0.3, 0.4) is 0 Å². The topological polar surface area (TPSA) is 72.4 Å². The number of nitrogen functional groups attached to an aromatic ring is 1. The molecule has 1 aromatic carbocycles. The van der Waals surface area contributed by atoms with Crippen LogP contribution >= 0.6 is 0 Å². The minimum atomic E-state index is -0.429. The number of nitro groups is 1. The van der Waals surface area contributed by atoms with Crippen LogP contribution in [0, 0.1) is 16.0 Å². The Bertz CT molecular complexity index is 495. The van der Waals surface area contributed by atoms with E-state index in [9.17, 15) is 10.1 Å². The maximum absolute atomic E-state index is 10.7. The molecule has 0 saturated heterocycles. The second-order valence-electron chi connectivity index (χ2n) is 5.75. The van der Waals surface area contributed by atoms with Gasteiger partial charge in [0, 0.05) is 25.2 Å². The lowest BCUT2D eigenvalue weighted by Gasteiger charge is -2.22. The molecular formula is C14H19N3O2. The highest BCUT2D eigenvalue weighted by Crippen LogP contribution is 2.36. The van der Waals surface area contributed by atoms with Gasteiger partial charge in [0.15, 0.2) is 0 Å². The van der Waals surface area contributed by atoms with Crippen LogP contribution in [0.25, 0.3) is 0 Å². The number of nitrogens with two attached hydrogens (primary N) is 1. The maximum Gasteiger partial charge on any atom is 0.292 e. The predicted molar refractivity (Wildman–Crippen MR) is 73.7 cm³/mol. The summed E-state index contributed by atoms with van der Waals surface area (Å²) in [5, 5.41) is 10.7. The van der Waals surface area contributed by atoms with Crippen molar-refractivity contribution in [2.24, 2.45) is 5.92 Å². The first-order chi connectivity index (χ1) is 9.13. The second kappa shape index (κ2) is 4.81. The van der Waals surface area contributed by atoms with Crippen molar-refractivity contribution in [2.45, 2.75) is 38.3 Å². The van der Waals surface area contributed by atoms with Crippen LogP contribution in [-0.2, 0) is 6.54 Å². The van der Waals surface area contributed by atoms with Gasteiger partial charge in [0.1, 0.15) is 5.69 Å². The van der Waals surface area contributed by atoms with Crippen molar-refractivity contribution < 1.29 is 4.92 Å². The van der Waals surface area contributed by atoms with E-state index in [1.807, 2.05) is 6.07 Å². The largest absolute Gasteiger partial charge is 0.393 e. The van der Waals surface area contributed by atoms with Crippen LogP contribution in [-0.4, -0.2) is 22.4 Å². The lowest BCUT2D eigenvalue weighted by molar-refractivity contribution is -0.383. The van der Waals surface area contributed by atoms with E-state index in [1.54, 1.807) is 6.07 Å². The minimum Gasteiger partial charge on any atom is -0.393 e. The van der Waals surface area contributed by atoms with Crippen molar-refractivity contribution in [3.05, 3.63) is 33.9 Å². The average molecular weight is 261 g/mol. The van der Waals surface area contributed by atoms with Gasteiger partial charge in [-0.2, -0.15) is 0 Å². The molecule has 0 aromatic heterocycles. The average Bonchev–Trinajstić information content (AvgIpc) is 3.22. The summed E-state index contributed by atoms with van der Waals surface area (Å²) in [5.74, 6) is 0.871. The van der Waals surface area contributed by atoms with Gasteiger partial charge in [-0.25, -0.2) is 0 Å². The van der Waals surface area contributed by atoms with E-state index in [0.717, 1.165) is 24.1 Å². The normalized spacial score (nSPS) is 18.8. The third kappa shape index (κ3) is 3.04. The molecule has 0 radical (unpaired) electrons. The predicted octanol–water partition coefficient (Wildman–Crippen LogP) is 2.55. The van der Waals surface area contributed by atoms with Crippen LogP contribution < -0.4 is 5.73 Å². The summed E-state index contributed by atoms with van der Waals surface area (Å²) in [5.41, 5.74) is 7.09. The van der Waals surface area contributed by atoms with Crippen LogP contribution in [0.4, 0.5) is 11.4 Å². The molecule has 1 aromatic rings. The van der Waals surface area contributed by atoms with Gasteiger partial charge in [-0.15, -0.1) is 0 Å². The molecule has 0 heterocycles. The van der Waals surface area contributed by atoms with Crippen LogP contribution in [0.15, 0.2) is 18.2 Å². The minimum absolute atomic E-state index is 0.00362. The van der Waals surface area contributed by atoms with E-state index in [2.05, 4.69) is 4.90 Å². The SMILES string of the molecule is Nc1cc(CN(CC2CC2)C2CC2)ccc1[N+](=O)[O-]. The fraction of sp³-hybridized carbons (Fsp3) is 0.571. The molecule has 0 spiro atoms. The molecule has 0 aliphatic heterocycles. The molecule has 0 atom stereocenters. The first kappa shape index (κ1) is 12.4. The number of rotatable bonds is 6. The molecule has 2 saturated carbocycles. The lowest BCUT2D eigenvalue weighted by Crippen LogP contribution is -2.27. The third-order valence-electron chi connectivity index (χ3n) is 3.93. The molecular weight excluding hydrogens is 242 g/mol. The van der Waals surface area contributed by atoms with Crippen LogP contribution in [0.2, 0.25) is 0 Å². The molecule has 2 aliphatic carbocycles. The van der Waals surface area contributed by atoms with Gasteiger partial charge >= 0.3 is 0 Å². The molecule has 0 amide bonds. The molecule has 102 valence electrons. The molecule has 3 rings (SSSR count). The van der Waals surface area contributed by atoms with E-state index in [4.69, 9.17) is 5.73 Å². The van der Waals surface area contributed by atoms with E-state index < -0.39 is 4.92 Å². The van der Waals surface area contributed by atoms with Gasteiger partial charge in [0.2, 0.25) is 0 Å². The fourth-order valence-corrected chi connectivity index (χ4v) is 2.52. The molecule has 19 heavy (non-hydrogen) atoms. The monoisotopic (exact) mass is 261 g/mol. The van der Waals surface area contributed by atoms with Crippen molar-refractivity contribution in [3.63, 3.8) is 0 Å². The molecule has 2 N–H and O–H groups in total. The highest BCUT2D eigenvalue weighted by Gasteiger charge is 2.33. The van der Waals surface area contributed by atoms with Gasteiger partial charge < -0.3 is 5.73 Å². The zero-order valence-corrected chi connectivity index (χ0v) is 10.9. The number of nitro benzene ring substituents is 1. The third-order valence-corrected chi connectivity index (χ3v) is 3.93. The smallest absolute Gasteiger partial charge is 0.292 e. The zero-order valence-electron chi connectivity index (χ0n) is 10.9. The number of anilines is 1. The number of nitrogens with zero attached hydrogens (tertiary/aromatic N) is 2. The Morgan fingerprint density at radius 2 is 2.05 bits per heavy atom. The Balaban J connectivity index is 1.70. The van der Waals surface area contributed by atoms with Gasteiger partial charge in [-0.3, -0.25) is 15.0 Å². The Morgan fingerprint density at radius 1 is 1.32 bits per heavy atom. The van der Waals surface area contributed by atoms with Gasteiger partial charge in [-0.05, 0) is 43.2 Å². The number of benzene rings is 1. The Hall–Kier alpha value is -1.62. The van der Waals surface area contributed by atoms with Crippen LogP contribution in [0.5, 0.6) is 0 Å². The van der Waals surface area contributed by atoms with Crippen molar-refractivity contribution in [2.75, 3.05) is 12.3 Å². The standard InChI is InChI=1S/C14H19N3O2/c15-13-7-11(3-6-14(13)17(18)19)9-16(12-4-5-12)8-10-1-2-10/h3,6-7,10,12H,1-2,4-5,8-9,15H2. The number of hydrogen-bond donors (Lipinski definition) is 1. The molecule has 2 aliphatic rings. The quantitative estimate of drug-likeness (QED) is 0.485. The summed E-state index contributed by atoms with van der Waals surface area (Å²) in [6.45, 7) is 2.03. The molecule has 2 fully saturated rings. The van der Waals surface area contributed by atoms with E-state index in [0.29, 0.717) is 0 Å². The van der Waals surface area contributed by atoms with E-state index in [1.165, 1.54) is 38.3 Å². The summed E-state index contributed by atoms with van der Waals surface area (Å²) < 4.78 is 0. The van der Waals surface area contributed by atoms with E-state index >= 15 is 0 Å². The molecule has 5 heteroatoms. The summed E-state index contributed by atoms with van der Waals surface area (Å²) in [6, 6.07) is 5.82. The number of hydrogen-bond acceptors (Lipinski definition) is 4. The lowest BCUT2D eigenvalue weighted by atomic mass is 10.1. The summed E-state index contributed by atoms with van der Waals surface area (Å²) in [7, 11) is 0. The zero-order chi connectivity index (χ0) is 13.4. The first-order valence-corrected chi connectivity index (χ1v) is 6.90. The van der Waals surface area contributed by atoms with Gasteiger partial charge in [-0.1, -0.05) is 6.07 Å². The molecule has 0 bridgehead atoms. The fourth-order valence-electron chi connectivity index (χ4n) is 2.52. The Morgan fingerprint density at radius 3 is 2.58 bits per heavy atom. The van der Waals surface area contributed by atoms with Crippen molar-refractivity contribution in [3.8, 4) is 0 Å². The summed E-state index contributed by atoms with van der Waals surface area (Å²) >= 11 is 0. The highest BCUT2D eigenvalue weighted by molar-refractivity contribution is 5.59. The molecule has 0 unspecified atom stereocenters. The Kier molecular flexibility index (Phi) is 3.14. The Labute approximate surface area is 112 Å². The van der Waals surface area contributed by atoms with Crippen molar-refractivity contribution in [1.82, 2.24) is 4.90 Å².